The number of hydrogen-bond donors (Lipinski definition) is 1. The van der Waals surface area contributed by atoms with E-state index in [-0.39, 0.29) is 0 Å². The first-order valence-corrected chi connectivity index (χ1v) is 4.47. The Hall–Kier alpha value is -1.02. The summed E-state index contributed by atoms with van der Waals surface area (Å²) in [6, 6.07) is 7.50. The molecule has 1 atom stereocenters. The first-order valence-electron chi connectivity index (χ1n) is 4.47. The lowest BCUT2D eigenvalue weighted by atomic mass is 9.93. The summed E-state index contributed by atoms with van der Waals surface area (Å²) in [7, 11) is 1.63. The summed E-state index contributed by atoms with van der Waals surface area (Å²) in [5.74, 6) is 0.815. The Morgan fingerprint density at radius 1 is 1.31 bits per heavy atom. The van der Waals surface area contributed by atoms with Gasteiger partial charge in [0.05, 0.1) is 12.7 Å². The average Bonchev–Trinajstić information content (AvgIpc) is 2.18. The van der Waals surface area contributed by atoms with Crippen LogP contribution in [0.2, 0.25) is 0 Å². The van der Waals surface area contributed by atoms with E-state index in [1.807, 2.05) is 38.1 Å². The highest BCUT2D eigenvalue weighted by Crippen LogP contribution is 2.25. The van der Waals surface area contributed by atoms with Gasteiger partial charge in [-0.15, -0.1) is 0 Å². The van der Waals surface area contributed by atoms with Crippen LogP contribution in [0.4, 0.5) is 0 Å². The summed E-state index contributed by atoms with van der Waals surface area (Å²) < 4.78 is 5.03. The first kappa shape index (κ1) is 10.1. The monoisotopic (exact) mass is 180 g/mol. The highest BCUT2D eigenvalue weighted by Gasteiger charge is 2.19. The summed E-state index contributed by atoms with van der Waals surface area (Å²) in [5, 5.41) is 9.92. The SMILES string of the molecule is CC[C@@](C)(O)c1ccc(OC)cc1. The van der Waals surface area contributed by atoms with Crippen molar-refractivity contribution >= 4 is 0 Å². The minimum absolute atomic E-state index is 0.708. The molecule has 0 radical (unpaired) electrons. The topological polar surface area (TPSA) is 29.5 Å². The maximum Gasteiger partial charge on any atom is 0.118 e. The van der Waals surface area contributed by atoms with Crippen molar-refractivity contribution in [1.29, 1.82) is 0 Å². The Kier molecular flexibility index (Phi) is 2.94. The Labute approximate surface area is 79.2 Å². The molecule has 72 valence electrons. The fourth-order valence-corrected chi connectivity index (χ4v) is 1.15. The molecular formula is C11H16O2. The van der Waals surface area contributed by atoms with Crippen molar-refractivity contribution < 1.29 is 9.84 Å². The van der Waals surface area contributed by atoms with E-state index in [2.05, 4.69) is 0 Å². The molecule has 0 aromatic heterocycles. The third-order valence-electron chi connectivity index (χ3n) is 2.40. The Morgan fingerprint density at radius 2 is 1.85 bits per heavy atom. The molecule has 0 saturated carbocycles. The molecule has 1 aromatic carbocycles. The van der Waals surface area contributed by atoms with Crippen molar-refractivity contribution in [2.24, 2.45) is 0 Å². The van der Waals surface area contributed by atoms with E-state index < -0.39 is 5.60 Å². The quantitative estimate of drug-likeness (QED) is 0.773. The number of hydrogen-bond acceptors (Lipinski definition) is 2. The summed E-state index contributed by atoms with van der Waals surface area (Å²) in [5.41, 5.74) is 0.197. The van der Waals surface area contributed by atoms with E-state index in [1.165, 1.54) is 0 Å². The van der Waals surface area contributed by atoms with Gasteiger partial charge in [-0.25, -0.2) is 0 Å². The zero-order valence-corrected chi connectivity index (χ0v) is 8.37. The van der Waals surface area contributed by atoms with Crippen molar-refractivity contribution in [3.8, 4) is 5.75 Å². The van der Waals surface area contributed by atoms with Crippen LogP contribution in [0.3, 0.4) is 0 Å². The minimum Gasteiger partial charge on any atom is -0.497 e. The minimum atomic E-state index is -0.730. The predicted molar refractivity (Wildman–Crippen MR) is 52.9 cm³/mol. The van der Waals surface area contributed by atoms with Crippen LogP contribution in [-0.4, -0.2) is 12.2 Å². The third kappa shape index (κ3) is 2.22. The zero-order chi connectivity index (χ0) is 9.90. The van der Waals surface area contributed by atoms with Crippen molar-refractivity contribution in [3.05, 3.63) is 29.8 Å². The molecule has 1 aromatic rings. The van der Waals surface area contributed by atoms with Crippen molar-refractivity contribution in [3.63, 3.8) is 0 Å². The molecule has 2 nitrogen and oxygen atoms in total. The zero-order valence-electron chi connectivity index (χ0n) is 8.37. The highest BCUT2D eigenvalue weighted by molar-refractivity contribution is 5.30. The largest absolute Gasteiger partial charge is 0.497 e. The van der Waals surface area contributed by atoms with Crippen LogP contribution in [0, 0.1) is 0 Å². The van der Waals surface area contributed by atoms with Crippen LogP contribution in [-0.2, 0) is 5.60 Å². The molecular weight excluding hydrogens is 164 g/mol. The molecule has 1 rings (SSSR count). The van der Waals surface area contributed by atoms with Crippen LogP contribution >= 0.6 is 0 Å². The Balaban J connectivity index is 2.92. The van der Waals surface area contributed by atoms with Gasteiger partial charge in [0.15, 0.2) is 0 Å². The highest BCUT2D eigenvalue weighted by atomic mass is 16.5. The molecule has 0 unspecified atom stereocenters. The van der Waals surface area contributed by atoms with Gasteiger partial charge in [-0.05, 0) is 31.0 Å². The van der Waals surface area contributed by atoms with Gasteiger partial charge in [-0.3, -0.25) is 0 Å². The van der Waals surface area contributed by atoms with Crippen molar-refractivity contribution in [2.45, 2.75) is 25.9 Å². The first-order chi connectivity index (χ1) is 6.10. The summed E-state index contributed by atoms with van der Waals surface area (Å²) in [4.78, 5) is 0. The lowest BCUT2D eigenvalue weighted by molar-refractivity contribution is 0.0530. The van der Waals surface area contributed by atoms with Gasteiger partial charge in [0.1, 0.15) is 5.75 Å². The smallest absolute Gasteiger partial charge is 0.118 e. The number of aliphatic hydroxyl groups is 1. The summed E-state index contributed by atoms with van der Waals surface area (Å²) in [6.07, 6.45) is 0.708. The normalized spacial score (nSPS) is 15.1. The van der Waals surface area contributed by atoms with Gasteiger partial charge in [0, 0.05) is 0 Å². The molecule has 0 saturated heterocycles. The second kappa shape index (κ2) is 3.79. The fourth-order valence-electron chi connectivity index (χ4n) is 1.15. The van der Waals surface area contributed by atoms with Gasteiger partial charge in [-0.2, -0.15) is 0 Å². The van der Waals surface area contributed by atoms with Crippen LogP contribution in [0.5, 0.6) is 5.75 Å². The van der Waals surface area contributed by atoms with E-state index in [1.54, 1.807) is 7.11 Å². The summed E-state index contributed by atoms with van der Waals surface area (Å²) in [6.45, 7) is 3.78. The Bertz CT molecular complexity index is 262. The molecule has 0 bridgehead atoms. The maximum absolute atomic E-state index is 9.92. The standard InChI is InChI=1S/C11H16O2/c1-4-11(2,12)9-5-7-10(13-3)8-6-9/h5-8,12H,4H2,1-3H3/t11-/m1/s1. The van der Waals surface area contributed by atoms with Gasteiger partial charge >= 0.3 is 0 Å². The molecule has 13 heavy (non-hydrogen) atoms. The van der Waals surface area contributed by atoms with Crippen LogP contribution in [0.25, 0.3) is 0 Å². The van der Waals surface area contributed by atoms with Gasteiger partial charge in [0.2, 0.25) is 0 Å². The van der Waals surface area contributed by atoms with Crippen LogP contribution in [0.15, 0.2) is 24.3 Å². The molecule has 0 amide bonds. The van der Waals surface area contributed by atoms with Crippen LogP contribution < -0.4 is 4.74 Å². The van der Waals surface area contributed by atoms with Crippen molar-refractivity contribution in [2.75, 3.05) is 7.11 Å². The van der Waals surface area contributed by atoms with E-state index in [0.717, 1.165) is 11.3 Å². The van der Waals surface area contributed by atoms with E-state index in [9.17, 15) is 5.11 Å². The fraction of sp³-hybridized carbons (Fsp3) is 0.455. The molecule has 0 heterocycles. The second-order valence-corrected chi connectivity index (χ2v) is 3.36. The Morgan fingerprint density at radius 3 is 2.23 bits per heavy atom. The van der Waals surface area contributed by atoms with E-state index in [4.69, 9.17) is 4.74 Å². The lowest BCUT2D eigenvalue weighted by Gasteiger charge is -2.21. The average molecular weight is 180 g/mol. The number of rotatable bonds is 3. The lowest BCUT2D eigenvalue weighted by Crippen LogP contribution is -2.19. The molecule has 0 spiro atoms. The molecule has 0 fully saturated rings. The van der Waals surface area contributed by atoms with Crippen molar-refractivity contribution in [1.82, 2.24) is 0 Å². The molecule has 2 heteroatoms. The van der Waals surface area contributed by atoms with Gasteiger partial charge < -0.3 is 9.84 Å². The number of methoxy groups -OCH3 is 1. The molecule has 0 aliphatic heterocycles. The third-order valence-corrected chi connectivity index (χ3v) is 2.40. The second-order valence-electron chi connectivity index (χ2n) is 3.36. The predicted octanol–water partition coefficient (Wildman–Crippen LogP) is 2.31. The van der Waals surface area contributed by atoms with E-state index >= 15 is 0 Å². The van der Waals surface area contributed by atoms with E-state index in [0.29, 0.717) is 6.42 Å². The summed E-state index contributed by atoms with van der Waals surface area (Å²) >= 11 is 0. The number of benzene rings is 1. The molecule has 0 aliphatic rings. The van der Waals surface area contributed by atoms with Crippen LogP contribution in [0.1, 0.15) is 25.8 Å². The van der Waals surface area contributed by atoms with Gasteiger partial charge in [0.25, 0.3) is 0 Å². The molecule has 0 aliphatic carbocycles. The maximum atomic E-state index is 9.92. The number of ether oxygens (including phenoxy) is 1. The van der Waals surface area contributed by atoms with Gasteiger partial charge in [-0.1, -0.05) is 19.1 Å². The molecule has 1 N–H and O–H groups in total.